The van der Waals surface area contributed by atoms with Gasteiger partial charge < -0.3 is 15.2 Å². The van der Waals surface area contributed by atoms with Crippen LogP contribution in [0.4, 0.5) is 0 Å². The number of aliphatic carboxylic acids is 1. The molecule has 0 bridgehead atoms. The van der Waals surface area contributed by atoms with Gasteiger partial charge in [0.15, 0.2) is 0 Å². The Morgan fingerprint density at radius 3 is 2.00 bits per heavy atom. The lowest BCUT2D eigenvalue weighted by molar-refractivity contribution is -0.145. The summed E-state index contributed by atoms with van der Waals surface area (Å²) < 4.78 is 5.13. The highest BCUT2D eigenvalue weighted by Crippen LogP contribution is 2.20. The number of ether oxygens (including phenoxy) is 1. The van der Waals surface area contributed by atoms with Crippen molar-refractivity contribution < 1.29 is 19.4 Å². The van der Waals surface area contributed by atoms with Crippen molar-refractivity contribution in [3.8, 4) is 0 Å². The number of nitrogens with one attached hydrogen (secondary N) is 1. The maximum absolute atomic E-state index is 11.7. The van der Waals surface area contributed by atoms with E-state index in [0.29, 0.717) is 0 Å². The van der Waals surface area contributed by atoms with Crippen LogP contribution >= 0.6 is 0 Å². The fraction of sp³-hybridized carbons (Fsp3) is 0.833. The van der Waals surface area contributed by atoms with Crippen LogP contribution in [0.3, 0.4) is 0 Å². The molecule has 0 radical (unpaired) electrons. The average Bonchev–Trinajstić information content (AvgIpc) is 2.11. The van der Waals surface area contributed by atoms with Gasteiger partial charge in [0, 0.05) is 7.11 Å². The fourth-order valence-electron chi connectivity index (χ4n) is 1.32. The van der Waals surface area contributed by atoms with E-state index in [1.54, 1.807) is 34.6 Å². The lowest BCUT2D eigenvalue weighted by Crippen LogP contribution is -2.50. The molecule has 0 spiro atoms. The number of carboxylic acids is 1. The minimum Gasteiger partial charge on any atom is -0.480 e. The molecule has 0 saturated heterocycles. The van der Waals surface area contributed by atoms with Crippen molar-refractivity contribution in [1.29, 1.82) is 0 Å². The van der Waals surface area contributed by atoms with Crippen LogP contribution < -0.4 is 5.32 Å². The molecule has 0 fully saturated rings. The number of methoxy groups -OCH3 is 1. The summed E-state index contributed by atoms with van der Waals surface area (Å²) in [7, 11) is 1.52. The molecule has 5 nitrogen and oxygen atoms in total. The van der Waals surface area contributed by atoms with Crippen molar-refractivity contribution in [1.82, 2.24) is 5.32 Å². The number of carbonyl (C=O) groups excluding carboxylic acids is 1. The van der Waals surface area contributed by atoms with Crippen LogP contribution in [0.5, 0.6) is 0 Å². The predicted octanol–water partition coefficient (Wildman–Crippen LogP) is 1.42. The topological polar surface area (TPSA) is 75.6 Å². The van der Waals surface area contributed by atoms with Gasteiger partial charge in [0.25, 0.3) is 0 Å². The Labute approximate surface area is 103 Å². The molecule has 1 amide bonds. The van der Waals surface area contributed by atoms with Gasteiger partial charge in [-0.2, -0.15) is 0 Å². The van der Waals surface area contributed by atoms with E-state index >= 15 is 0 Å². The van der Waals surface area contributed by atoms with Gasteiger partial charge in [-0.1, -0.05) is 20.8 Å². The predicted molar refractivity (Wildman–Crippen MR) is 64.7 cm³/mol. The summed E-state index contributed by atoms with van der Waals surface area (Å²) in [5.41, 5.74) is -1.12. The van der Waals surface area contributed by atoms with Gasteiger partial charge in [-0.15, -0.1) is 0 Å². The first-order valence-corrected chi connectivity index (χ1v) is 5.57. The zero-order valence-electron chi connectivity index (χ0n) is 11.5. The highest BCUT2D eigenvalue weighted by Gasteiger charge is 2.33. The molecule has 2 N–H and O–H groups in total. The average molecular weight is 245 g/mol. The minimum atomic E-state index is -1.03. The Balaban J connectivity index is 4.60. The SMILES string of the molecule is COC(C)(C)CC(=O)NC(C(=O)O)C(C)(C)C. The molecule has 0 rings (SSSR count). The molecule has 17 heavy (non-hydrogen) atoms. The van der Waals surface area contributed by atoms with Crippen molar-refractivity contribution in [3.63, 3.8) is 0 Å². The van der Waals surface area contributed by atoms with Crippen LogP contribution in [0.25, 0.3) is 0 Å². The van der Waals surface area contributed by atoms with Crippen LogP contribution in [-0.2, 0) is 14.3 Å². The number of rotatable bonds is 5. The maximum Gasteiger partial charge on any atom is 0.326 e. The van der Waals surface area contributed by atoms with E-state index in [9.17, 15) is 9.59 Å². The van der Waals surface area contributed by atoms with E-state index in [2.05, 4.69) is 5.32 Å². The molecule has 0 aliphatic heterocycles. The van der Waals surface area contributed by atoms with Gasteiger partial charge in [-0.3, -0.25) is 4.79 Å². The van der Waals surface area contributed by atoms with Gasteiger partial charge >= 0.3 is 5.97 Å². The third-order valence-electron chi connectivity index (χ3n) is 2.56. The minimum absolute atomic E-state index is 0.128. The van der Waals surface area contributed by atoms with Crippen molar-refractivity contribution in [3.05, 3.63) is 0 Å². The van der Waals surface area contributed by atoms with Crippen LogP contribution in [-0.4, -0.2) is 35.7 Å². The Hall–Kier alpha value is -1.10. The van der Waals surface area contributed by atoms with Crippen LogP contribution in [0.15, 0.2) is 0 Å². The Kier molecular flexibility index (Phi) is 5.13. The summed E-state index contributed by atoms with van der Waals surface area (Å²) in [6, 6.07) is -0.900. The van der Waals surface area contributed by atoms with Crippen molar-refractivity contribution in [2.45, 2.75) is 52.7 Å². The van der Waals surface area contributed by atoms with Gasteiger partial charge in [-0.25, -0.2) is 4.79 Å². The highest BCUT2D eigenvalue weighted by atomic mass is 16.5. The molecule has 5 heteroatoms. The first kappa shape index (κ1) is 15.9. The van der Waals surface area contributed by atoms with E-state index in [-0.39, 0.29) is 12.3 Å². The summed E-state index contributed by atoms with van der Waals surface area (Å²) in [6.45, 7) is 8.87. The monoisotopic (exact) mass is 245 g/mol. The smallest absolute Gasteiger partial charge is 0.326 e. The summed E-state index contributed by atoms with van der Waals surface area (Å²) in [6.07, 6.45) is 0.128. The standard InChI is InChI=1S/C12H23NO4/c1-11(2,3)9(10(15)16)13-8(14)7-12(4,5)17-6/h9H,7H2,1-6H3,(H,13,14)(H,15,16). The maximum atomic E-state index is 11.7. The molecule has 0 aromatic rings. The highest BCUT2D eigenvalue weighted by molar-refractivity contribution is 5.84. The summed E-state index contributed by atoms with van der Waals surface area (Å²) in [5.74, 6) is -1.35. The van der Waals surface area contributed by atoms with Gasteiger partial charge in [0.2, 0.25) is 5.91 Å². The third-order valence-corrected chi connectivity index (χ3v) is 2.56. The fourth-order valence-corrected chi connectivity index (χ4v) is 1.32. The molecule has 1 unspecified atom stereocenters. The summed E-state index contributed by atoms with van der Waals surface area (Å²) in [5, 5.41) is 11.6. The van der Waals surface area contributed by atoms with Gasteiger partial charge in [-0.05, 0) is 19.3 Å². The molecule has 0 aliphatic rings. The van der Waals surface area contributed by atoms with Crippen LogP contribution in [0, 0.1) is 5.41 Å². The number of hydrogen-bond donors (Lipinski definition) is 2. The molecule has 0 saturated carbocycles. The summed E-state index contributed by atoms with van der Waals surface area (Å²) in [4.78, 5) is 22.8. The summed E-state index contributed by atoms with van der Waals surface area (Å²) >= 11 is 0. The van der Waals surface area contributed by atoms with Gasteiger partial charge in [0.05, 0.1) is 12.0 Å². The largest absolute Gasteiger partial charge is 0.480 e. The zero-order chi connectivity index (χ0) is 13.9. The van der Waals surface area contributed by atoms with Crippen molar-refractivity contribution >= 4 is 11.9 Å². The van der Waals surface area contributed by atoms with E-state index in [0.717, 1.165) is 0 Å². The molecular formula is C12H23NO4. The quantitative estimate of drug-likeness (QED) is 0.768. The number of carbonyl (C=O) groups is 2. The Morgan fingerprint density at radius 2 is 1.71 bits per heavy atom. The molecule has 0 aliphatic carbocycles. The normalized spacial score (nSPS) is 14.2. The lowest BCUT2D eigenvalue weighted by atomic mass is 9.86. The number of amides is 1. The zero-order valence-corrected chi connectivity index (χ0v) is 11.5. The molecule has 0 aromatic carbocycles. The van der Waals surface area contributed by atoms with E-state index in [4.69, 9.17) is 9.84 Å². The molecular weight excluding hydrogens is 222 g/mol. The molecule has 0 aromatic heterocycles. The van der Waals surface area contributed by atoms with E-state index in [1.807, 2.05) is 0 Å². The second-order valence-electron chi connectivity index (χ2n) is 5.85. The van der Waals surface area contributed by atoms with Crippen LogP contribution in [0.1, 0.15) is 41.0 Å². The van der Waals surface area contributed by atoms with E-state index in [1.165, 1.54) is 7.11 Å². The number of carboxylic acid groups (broad SMARTS) is 1. The Morgan fingerprint density at radius 1 is 1.24 bits per heavy atom. The Bertz CT molecular complexity index is 291. The molecule has 0 heterocycles. The first-order valence-electron chi connectivity index (χ1n) is 5.57. The third kappa shape index (κ3) is 5.68. The van der Waals surface area contributed by atoms with Crippen molar-refractivity contribution in [2.75, 3.05) is 7.11 Å². The van der Waals surface area contributed by atoms with E-state index < -0.39 is 23.0 Å². The first-order chi connectivity index (χ1) is 7.49. The second-order valence-corrected chi connectivity index (χ2v) is 5.85. The van der Waals surface area contributed by atoms with Crippen molar-refractivity contribution in [2.24, 2.45) is 5.41 Å². The van der Waals surface area contributed by atoms with Crippen LogP contribution in [0.2, 0.25) is 0 Å². The molecule has 100 valence electrons. The second kappa shape index (κ2) is 5.49. The molecule has 1 atom stereocenters. The van der Waals surface area contributed by atoms with Gasteiger partial charge in [0.1, 0.15) is 6.04 Å². The number of hydrogen-bond acceptors (Lipinski definition) is 3. The lowest BCUT2D eigenvalue weighted by Gasteiger charge is -2.29.